The molecule has 3 rings (SSSR count). The van der Waals surface area contributed by atoms with Crippen molar-refractivity contribution >= 4 is 34.7 Å². The van der Waals surface area contributed by atoms with Gasteiger partial charge < -0.3 is 9.47 Å². The van der Waals surface area contributed by atoms with Crippen LogP contribution in [-0.2, 0) is 4.74 Å². The fourth-order valence-electron chi connectivity index (χ4n) is 2.97. The molecule has 0 atom stereocenters. The number of fused-ring (bicyclic) bond motifs is 1. The highest BCUT2D eigenvalue weighted by molar-refractivity contribution is 6.29. The Morgan fingerprint density at radius 3 is 2.47 bits per heavy atom. The van der Waals surface area contributed by atoms with Crippen LogP contribution in [-0.4, -0.2) is 32.7 Å². The second kappa shape index (κ2) is 8.50. The van der Waals surface area contributed by atoms with E-state index >= 15 is 0 Å². The van der Waals surface area contributed by atoms with Crippen molar-refractivity contribution in [3.8, 4) is 5.75 Å². The number of anilines is 2. The first-order chi connectivity index (χ1) is 14.7. The number of hydrogen-bond acceptors (Lipinski definition) is 5. The molecule has 172 valence electrons. The first-order valence-electron chi connectivity index (χ1n) is 9.68. The van der Waals surface area contributed by atoms with Crippen LogP contribution in [0.15, 0.2) is 36.5 Å². The molecule has 0 saturated heterocycles. The molecule has 0 aliphatic heterocycles. The first kappa shape index (κ1) is 23.6. The summed E-state index contributed by atoms with van der Waals surface area (Å²) in [6.07, 6.45) is -4.12. The van der Waals surface area contributed by atoms with Gasteiger partial charge in [0, 0.05) is 12.1 Å². The van der Waals surface area contributed by atoms with Crippen molar-refractivity contribution in [3.63, 3.8) is 0 Å². The van der Waals surface area contributed by atoms with Crippen molar-refractivity contribution in [2.75, 3.05) is 4.90 Å². The number of amides is 1. The van der Waals surface area contributed by atoms with Crippen LogP contribution in [0.1, 0.15) is 46.2 Å². The van der Waals surface area contributed by atoms with Gasteiger partial charge in [-0.2, -0.15) is 5.10 Å². The minimum absolute atomic E-state index is 0.0438. The second-order valence-corrected chi connectivity index (χ2v) is 8.67. The summed E-state index contributed by atoms with van der Waals surface area (Å²) in [5, 5.41) is 4.32. The molecule has 7 nitrogen and oxygen atoms in total. The monoisotopic (exact) mass is 470 g/mol. The van der Waals surface area contributed by atoms with Crippen LogP contribution in [0, 0.1) is 0 Å². The number of carbonyl (C=O) groups is 1. The summed E-state index contributed by atoms with van der Waals surface area (Å²) in [7, 11) is 0. The lowest BCUT2D eigenvalue weighted by Gasteiger charge is -2.28. The Morgan fingerprint density at radius 2 is 1.88 bits per heavy atom. The molecule has 0 aliphatic rings. The van der Waals surface area contributed by atoms with Crippen molar-refractivity contribution in [1.82, 2.24) is 14.6 Å². The maximum Gasteiger partial charge on any atom is 0.573 e. The summed E-state index contributed by atoms with van der Waals surface area (Å²) in [6.45, 7) is 8.90. The number of rotatable bonds is 4. The van der Waals surface area contributed by atoms with Crippen molar-refractivity contribution in [1.29, 1.82) is 0 Å². The van der Waals surface area contributed by atoms with Gasteiger partial charge in [-0.1, -0.05) is 31.5 Å². The standard InChI is InChI=1S/C21H22ClF3N4O3/c1-12(2)16-11-26-18-15(10-17(22)27-29(16)18)28(19(30)32-20(3,4)5)13-7-6-8-14(9-13)31-21(23,24)25/h6-12H,1-5H3. The summed E-state index contributed by atoms with van der Waals surface area (Å²) < 4.78 is 49.3. The molecule has 0 saturated carbocycles. The molecule has 32 heavy (non-hydrogen) atoms. The SMILES string of the molecule is CC(C)c1cnc2c(N(C(=O)OC(C)(C)C)c3cccc(OC(F)(F)F)c3)cc(Cl)nn12. The van der Waals surface area contributed by atoms with Crippen LogP contribution in [0.2, 0.25) is 5.15 Å². The van der Waals surface area contributed by atoms with Crippen LogP contribution in [0.4, 0.5) is 29.3 Å². The number of halogens is 4. The van der Waals surface area contributed by atoms with Crippen LogP contribution < -0.4 is 9.64 Å². The summed E-state index contributed by atoms with van der Waals surface area (Å²) in [4.78, 5) is 18.7. The zero-order valence-corrected chi connectivity index (χ0v) is 18.8. The zero-order chi connectivity index (χ0) is 23.8. The van der Waals surface area contributed by atoms with E-state index in [1.54, 1.807) is 27.0 Å². The third-order valence-electron chi connectivity index (χ3n) is 4.16. The highest BCUT2D eigenvalue weighted by atomic mass is 35.5. The predicted octanol–water partition coefficient (Wildman–Crippen LogP) is 6.48. The van der Waals surface area contributed by atoms with Gasteiger partial charge in [0.25, 0.3) is 0 Å². The van der Waals surface area contributed by atoms with Gasteiger partial charge in [0.2, 0.25) is 0 Å². The smallest absolute Gasteiger partial charge is 0.443 e. The van der Waals surface area contributed by atoms with Gasteiger partial charge in [-0.15, -0.1) is 13.2 Å². The lowest BCUT2D eigenvalue weighted by Crippen LogP contribution is -2.34. The van der Waals surface area contributed by atoms with Gasteiger partial charge in [-0.25, -0.2) is 19.2 Å². The molecule has 0 aliphatic carbocycles. The van der Waals surface area contributed by atoms with Crippen LogP contribution in [0.3, 0.4) is 0 Å². The van der Waals surface area contributed by atoms with Gasteiger partial charge in [0.15, 0.2) is 10.8 Å². The molecule has 0 bridgehead atoms. The largest absolute Gasteiger partial charge is 0.573 e. The van der Waals surface area contributed by atoms with Gasteiger partial charge >= 0.3 is 12.5 Å². The molecule has 0 N–H and O–H groups in total. The van der Waals surface area contributed by atoms with Crippen LogP contribution in [0.25, 0.3) is 5.65 Å². The average Bonchev–Trinajstić information content (AvgIpc) is 3.03. The highest BCUT2D eigenvalue weighted by Crippen LogP contribution is 2.35. The van der Waals surface area contributed by atoms with Gasteiger partial charge in [-0.05, 0) is 38.8 Å². The number of ether oxygens (including phenoxy) is 2. The fraction of sp³-hybridized carbons (Fsp3) is 0.381. The van der Waals surface area contributed by atoms with E-state index in [1.807, 2.05) is 13.8 Å². The number of carbonyl (C=O) groups excluding carboxylic acids is 1. The third kappa shape index (κ3) is 5.42. The Hall–Kier alpha value is -3.01. The number of nitrogens with zero attached hydrogens (tertiary/aromatic N) is 4. The number of imidazole rings is 1. The van der Waals surface area contributed by atoms with E-state index in [0.29, 0.717) is 0 Å². The molecule has 0 spiro atoms. The molecule has 11 heteroatoms. The quantitative estimate of drug-likeness (QED) is 0.436. The minimum Gasteiger partial charge on any atom is -0.443 e. The number of aromatic nitrogens is 3. The molecular formula is C21H22ClF3N4O3. The van der Waals surface area contributed by atoms with Crippen LogP contribution in [0.5, 0.6) is 5.75 Å². The van der Waals surface area contributed by atoms with E-state index in [9.17, 15) is 18.0 Å². The molecule has 0 fully saturated rings. The minimum atomic E-state index is -4.89. The molecule has 2 aromatic heterocycles. The van der Waals surface area contributed by atoms with Gasteiger partial charge in [-0.3, -0.25) is 0 Å². The Labute approximate surface area is 187 Å². The normalized spacial score (nSPS) is 12.3. The second-order valence-electron chi connectivity index (χ2n) is 8.29. The third-order valence-corrected chi connectivity index (χ3v) is 4.35. The van der Waals surface area contributed by atoms with E-state index in [2.05, 4.69) is 14.8 Å². The highest BCUT2D eigenvalue weighted by Gasteiger charge is 2.32. The Bertz CT molecular complexity index is 1140. The van der Waals surface area contributed by atoms with Crippen molar-refractivity contribution in [3.05, 3.63) is 47.4 Å². The van der Waals surface area contributed by atoms with Gasteiger partial charge in [0.1, 0.15) is 17.0 Å². The molecule has 3 aromatic rings. The van der Waals surface area contributed by atoms with Crippen molar-refractivity contribution < 1.29 is 27.4 Å². The molecule has 1 amide bonds. The van der Waals surface area contributed by atoms with E-state index in [-0.39, 0.29) is 28.1 Å². The van der Waals surface area contributed by atoms with Gasteiger partial charge in [0.05, 0.1) is 17.6 Å². The average molecular weight is 471 g/mol. The lowest BCUT2D eigenvalue weighted by atomic mass is 10.1. The molecular weight excluding hydrogens is 449 g/mol. The fourth-order valence-corrected chi connectivity index (χ4v) is 3.15. The predicted molar refractivity (Wildman–Crippen MR) is 114 cm³/mol. The molecule has 0 radical (unpaired) electrons. The topological polar surface area (TPSA) is 69.0 Å². The first-order valence-corrected chi connectivity index (χ1v) is 10.1. The molecule has 1 aromatic carbocycles. The Kier molecular flexibility index (Phi) is 6.28. The van der Waals surface area contributed by atoms with Crippen molar-refractivity contribution in [2.24, 2.45) is 0 Å². The maximum atomic E-state index is 13.2. The number of benzene rings is 1. The summed E-state index contributed by atoms with van der Waals surface area (Å²) in [5.74, 6) is -0.451. The Morgan fingerprint density at radius 1 is 1.19 bits per heavy atom. The maximum absolute atomic E-state index is 13.2. The van der Waals surface area contributed by atoms with Crippen LogP contribution >= 0.6 is 11.6 Å². The summed E-state index contributed by atoms with van der Waals surface area (Å²) in [6, 6.07) is 6.39. The molecule has 0 unspecified atom stereocenters. The van der Waals surface area contributed by atoms with E-state index in [1.165, 1.54) is 22.7 Å². The number of hydrogen-bond donors (Lipinski definition) is 0. The van der Waals surface area contributed by atoms with E-state index in [4.69, 9.17) is 16.3 Å². The number of alkyl halides is 3. The van der Waals surface area contributed by atoms with E-state index < -0.39 is 23.8 Å². The summed E-state index contributed by atoms with van der Waals surface area (Å²) in [5.41, 5.74) is 0.406. The molecule has 2 heterocycles. The summed E-state index contributed by atoms with van der Waals surface area (Å²) >= 11 is 6.23. The zero-order valence-electron chi connectivity index (χ0n) is 18.1. The lowest BCUT2D eigenvalue weighted by molar-refractivity contribution is -0.274. The Balaban J connectivity index is 2.22. The van der Waals surface area contributed by atoms with Crippen molar-refractivity contribution in [2.45, 2.75) is 52.5 Å². The van der Waals surface area contributed by atoms with E-state index in [0.717, 1.165) is 22.7 Å².